The summed E-state index contributed by atoms with van der Waals surface area (Å²) in [7, 11) is 0. The monoisotopic (exact) mass is 326 g/mol. The first-order valence-electron chi connectivity index (χ1n) is 2.98. The maximum atomic E-state index is 8.28. The van der Waals surface area contributed by atoms with Crippen molar-refractivity contribution in [2.45, 2.75) is 26.7 Å². The van der Waals surface area contributed by atoms with Gasteiger partial charge >= 0.3 is 82.6 Å². The van der Waals surface area contributed by atoms with Crippen LogP contribution in [0.15, 0.2) is 0 Å². The average Bonchev–Trinajstić information content (AvgIpc) is 1.89. The Bertz CT molecular complexity index is 100. The normalized spacial score (nSPS) is 7.40. The molecule has 10 heavy (non-hydrogen) atoms. The summed E-state index contributed by atoms with van der Waals surface area (Å²) in [6, 6.07) is 0. The van der Waals surface area contributed by atoms with Crippen LogP contribution in [0.3, 0.4) is 0 Å². The van der Waals surface area contributed by atoms with Gasteiger partial charge in [-0.25, -0.2) is 0 Å². The Hall–Kier alpha value is 0.649. The summed E-state index contributed by atoms with van der Waals surface area (Å²) in [4.78, 5) is 0. The van der Waals surface area contributed by atoms with E-state index in [2.05, 4.69) is 15.6 Å². The fraction of sp³-hybridized carbons (Fsp3) is 0.667. The van der Waals surface area contributed by atoms with E-state index in [0.29, 0.717) is 8.34 Å². The molecule has 4 heteroatoms. The molecule has 0 saturated heterocycles. The van der Waals surface area contributed by atoms with Crippen LogP contribution in [-0.4, -0.2) is 56.0 Å². The number of aliphatic hydroxyl groups excluding tert-OH is 2. The molecule has 0 unspecified atom stereocenters. The minimum atomic E-state index is 0.380. The molecule has 0 fully saturated rings. The molecule has 0 aromatic carbocycles. The summed E-state index contributed by atoms with van der Waals surface area (Å²) >= 11 is 4.09. The molecule has 0 aliphatic rings. The minimum absolute atomic E-state index is 0.380. The molecular formula is C6H12O2SeTe. The van der Waals surface area contributed by atoms with Crippen molar-refractivity contribution in [3.05, 3.63) is 0 Å². The molecule has 0 spiro atoms. The standard InChI is InChI=1S/C3H6OSe.C3H6OTe/c2*1-2-3(4)5/h2*2H2,1H3,(H,4,5). The number of hydrogen-bond acceptors (Lipinski definition) is 2. The summed E-state index contributed by atoms with van der Waals surface area (Å²) < 4.78 is 0.894. The summed E-state index contributed by atoms with van der Waals surface area (Å²) in [5.41, 5.74) is 0. The van der Waals surface area contributed by atoms with E-state index in [-0.39, 0.29) is 0 Å². The van der Waals surface area contributed by atoms with Gasteiger partial charge in [0, 0.05) is 0 Å². The van der Waals surface area contributed by atoms with Gasteiger partial charge in [0.2, 0.25) is 0 Å². The van der Waals surface area contributed by atoms with Crippen molar-refractivity contribution in [2.75, 3.05) is 0 Å². The maximum absolute atomic E-state index is 8.28. The Kier molecular flexibility index (Phi) is 12.8. The second-order valence-electron chi connectivity index (χ2n) is 1.49. The second kappa shape index (κ2) is 9.65. The molecule has 0 atom stereocenters. The van der Waals surface area contributed by atoms with E-state index >= 15 is 0 Å². The van der Waals surface area contributed by atoms with Gasteiger partial charge in [0.15, 0.2) is 0 Å². The van der Waals surface area contributed by atoms with E-state index in [0.717, 1.165) is 12.8 Å². The van der Waals surface area contributed by atoms with Crippen molar-refractivity contribution in [2.24, 2.45) is 0 Å². The third-order valence-electron chi connectivity index (χ3n) is 0.605. The molecule has 0 bridgehead atoms. The van der Waals surface area contributed by atoms with Gasteiger partial charge in [-0.3, -0.25) is 0 Å². The topological polar surface area (TPSA) is 40.5 Å². The molecule has 2 nitrogen and oxygen atoms in total. The predicted molar refractivity (Wildman–Crippen MR) is 46.0 cm³/mol. The van der Waals surface area contributed by atoms with Crippen LogP contribution < -0.4 is 0 Å². The molecule has 0 amide bonds. The van der Waals surface area contributed by atoms with Crippen molar-refractivity contribution in [1.82, 2.24) is 0 Å². The van der Waals surface area contributed by atoms with Gasteiger partial charge in [-0.1, -0.05) is 0 Å². The zero-order chi connectivity index (χ0) is 8.57. The zero-order valence-electron chi connectivity index (χ0n) is 6.13. The van der Waals surface area contributed by atoms with E-state index in [1.165, 1.54) is 0 Å². The van der Waals surface area contributed by atoms with Gasteiger partial charge < -0.3 is 0 Å². The number of rotatable bonds is 2. The van der Waals surface area contributed by atoms with Gasteiger partial charge in [-0.2, -0.15) is 0 Å². The SMILES string of the molecule is CCC(O)=[Se].CCC(O)=[Te]. The van der Waals surface area contributed by atoms with Gasteiger partial charge in [-0.15, -0.1) is 0 Å². The molecule has 0 saturated carbocycles. The third-order valence-corrected chi connectivity index (χ3v) is 2.03. The quantitative estimate of drug-likeness (QED) is 0.710. The fourth-order valence-corrected chi connectivity index (χ4v) is 0. The van der Waals surface area contributed by atoms with Crippen molar-refractivity contribution in [3.8, 4) is 0 Å². The summed E-state index contributed by atoms with van der Waals surface area (Å²) in [5, 5.41) is 16.5. The van der Waals surface area contributed by atoms with E-state index in [1.807, 2.05) is 13.8 Å². The first-order chi connectivity index (χ1) is 4.54. The Balaban J connectivity index is 0. The molecule has 0 radical (unpaired) electrons. The van der Waals surface area contributed by atoms with Gasteiger partial charge in [0.1, 0.15) is 0 Å². The molecule has 0 aromatic heterocycles. The fourth-order valence-electron chi connectivity index (χ4n) is 0. The van der Waals surface area contributed by atoms with Gasteiger partial charge in [-0.05, 0) is 0 Å². The van der Waals surface area contributed by atoms with Crippen LogP contribution in [0.5, 0.6) is 0 Å². The Morgan fingerprint density at radius 3 is 1.50 bits per heavy atom. The third kappa shape index (κ3) is 23.4. The predicted octanol–water partition coefficient (Wildman–Crippen LogP) is 0.135. The summed E-state index contributed by atoms with van der Waals surface area (Å²) in [6.45, 7) is 3.80. The number of aliphatic hydroxyl groups is 2. The van der Waals surface area contributed by atoms with Crippen molar-refractivity contribution in [3.63, 3.8) is 0 Å². The molecule has 0 rings (SSSR count). The van der Waals surface area contributed by atoms with Crippen molar-refractivity contribution >= 4 is 45.7 Å². The Morgan fingerprint density at radius 2 is 1.50 bits per heavy atom. The first-order valence-corrected chi connectivity index (χ1v) is 5.00. The molecular weight excluding hydrogens is 311 g/mol. The molecule has 0 aliphatic carbocycles. The summed E-state index contributed by atoms with van der Waals surface area (Å²) in [6.07, 6.45) is 1.50. The van der Waals surface area contributed by atoms with Gasteiger partial charge in [0.25, 0.3) is 0 Å². The van der Waals surface area contributed by atoms with E-state index in [9.17, 15) is 0 Å². The number of hydrogen-bond donors (Lipinski definition) is 2. The van der Waals surface area contributed by atoms with E-state index in [4.69, 9.17) is 10.2 Å². The molecule has 0 heterocycles. The first kappa shape index (κ1) is 13.3. The van der Waals surface area contributed by atoms with Crippen molar-refractivity contribution in [1.29, 1.82) is 0 Å². The molecule has 0 aromatic rings. The molecule has 0 aliphatic heterocycles. The Morgan fingerprint density at radius 1 is 1.30 bits per heavy atom. The van der Waals surface area contributed by atoms with Crippen LogP contribution in [-0.2, 0) is 0 Å². The van der Waals surface area contributed by atoms with Crippen LogP contribution in [0.4, 0.5) is 0 Å². The average molecular weight is 323 g/mol. The molecule has 60 valence electrons. The van der Waals surface area contributed by atoms with Gasteiger partial charge in [0.05, 0.1) is 0 Å². The van der Waals surface area contributed by atoms with Crippen LogP contribution in [0.25, 0.3) is 0 Å². The van der Waals surface area contributed by atoms with Crippen LogP contribution >= 0.6 is 0 Å². The molecule has 2 N–H and O–H groups in total. The van der Waals surface area contributed by atoms with E-state index in [1.54, 1.807) is 21.8 Å². The van der Waals surface area contributed by atoms with Crippen LogP contribution in [0.1, 0.15) is 26.7 Å². The second-order valence-corrected chi connectivity index (χ2v) is 3.83. The Labute approximate surface area is 82.4 Å². The van der Waals surface area contributed by atoms with Crippen molar-refractivity contribution < 1.29 is 10.2 Å². The van der Waals surface area contributed by atoms with Crippen LogP contribution in [0, 0.1) is 0 Å². The van der Waals surface area contributed by atoms with E-state index < -0.39 is 0 Å². The van der Waals surface area contributed by atoms with Crippen LogP contribution in [0.2, 0.25) is 0 Å². The summed E-state index contributed by atoms with van der Waals surface area (Å²) in [5.74, 6) is 0. The zero-order valence-corrected chi connectivity index (χ0v) is 10.2.